The number of guanidine groups is 1. The van der Waals surface area contributed by atoms with Crippen LogP contribution < -0.4 is 5.32 Å². The Balaban J connectivity index is 1.54. The highest BCUT2D eigenvalue weighted by Gasteiger charge is 2.34. The molecule has 0 aromatic heterocycles. The van der Waals surface area contributed by atoms with Crippen molar-refractivity contribution in [1.29, 1.82) is 0 Å². The van der Waals surface area contributed by atoms with E-state index in [1.165, 1.54) is 32.4 Å². The molecule has 0 bridgehead atoms. The smallest absolute Gasteiger partial charge is 0.310 e. The third-order valence-electron chi connectivity index (χ3n) is 5.56. The number of piperidine rings is 1. The number of carbonyl (C=O) groups is 1. The number of hydrogen-bond acceptors (Lipinski definition) is 4. The number of hydrogen-bond donors (Lipinski definition) is 1. The predicted molar refractivity (Wildman–Crippen MR) is 99.6 cm³/mol. The van der Waals surface area contributed by atoms with Crippen LogP contribution in [-0.4, -0.2) is 73.6 Å². The van der Waals surface area contributed by atoms with Crippen molar-refractivity contribution in [3.05, 3.63) is 0 Å². The van der Waals surface area contributed by atoms with E-state index in [0.717, 1.165) is 51.0 Å². The number of nitrogens with zero attached hydrogens (tertiary/aromatic N) is 3. The summed E-state index contributed by atoms with van der Waals surface area (Å²) in [7, 11) is 0. The van der Waals surface area contributed by atoms with Gasteiger partial charge in [-0.3, -0.25) is 9.79 Å². The zero-order valence-electron chi connectivity index (χ0n) is 15.9. The van der Waals surface area contributed by atoms with Crippen molar-refractivity contribution >= 4 is 11.9 Å². The Bertz CT molecular complexity index is 478. The highest BCUT2D eigenvalue weighted by atomic mass is 16.5. The lowest BCUT2D eigenvalue weighted by Crippen LogP contribution is -2.48. The molecule has 3 aliphatic rings. The molecule has 6 nitrogen and oxygen atoms in total. The third-order valence-corrected chi connectivity index (χ3v) is 5.56. The molecule has 0 spiro atoms. The Kier molecular flexibility index (Phi) is 6.57. The van der Waals surface area contributed by atoms with Crippen LogP contribution in [0.15, 0.2) is 4.99 Å². The van der Waals surface area contributed by atoms with Crippen LogP contribution in [0.4, 0.5) is 0 Å². The molecule has 3 rings (SSSR count). The van der Waals surface area contributed by atoms with Gasteiger partial charge in [-0.15, -0.1) is 0 Å². The predicted octanol–water partition coefficient (Wildman–Crippen LogP) is 1.71. The van der Waals surface area contributed by atoms with E-state index in [-0.39, 0.29) is 11.9 Å². The fourth-order valence-corrected chi connectivity index (χ4v) is 4.05. The zero-order chi connectivity index (χ0) is 17.6. The molecule has 2 unspecified atom stereocenters. The monoisotopic (exact) mass is 350 g/mol. The summed E-state index contributed by atoms with van der Waals surface area (Å²) >= 11 is 0. The molecule has 0 amide bonds. The molecular weight excluding hydrogens is 316 g/mol. The van der Waals surface area contributed by atoms with Crippen molar-refractivity contribution < 1.29 is 9.53 Å². The van der Waals surface area contributed by atoms with Gasteiger partial charge in [0.25, 0.3) is 0 Å². The quantitative estimate of drug-likeness (QED) is 0.449. The van der Waals surface area contributed by atoms with Gasteiger partial charge in [-0.2, -0.15) is 0 Å². The zero-order valence-corrected chi connectivity index (χ0v) is 15.9. The minimum Gasteiger partial charge on any atom is -0.466 e. The summed E-state index contributed by atoms with van der Waals surface area (Å²) in [6.45, 7) is 10.3. The summed E-state index contributed by atoms with van der Waals surface area (Å²) in [4.78, 5) is 21.9. The van der Waals surface area contributed by atoms with E-state index in [9.17, 15) is 4.79 Å². The second-order valence-electron chi connectivity index (χ2n) is 7.61. The van der Waals surface area contributed by atoms with Crippen molar-refractivity contribution in [2.75, 3.05) is 45.9 Å². The van der Waals surface area contributed by atoms with Gasteiger partial charge in [-0.1, -0.05) is 0 Å². The molecule has 2 aliphatic heterocycles. The maximum absolute atomic E-state index is 12.1. The molecule has 2 heterocycles. The normalized spacial score (nSPS) is 28.2. The second kappa shape index (κ2) is 8.88. The summed E-state index contributed by atoms with van der Waals surface area (Å²) in [5.41, 5.74) is 0. The first-order valence-corrected chi connectivity index (χ1v) is 10.1. The van der Waals surface area contributed by atoms with E-state index in [1.54, 1.807) is 0 Å². The standard InChI is InChI=1S/C19H34N4O2/c1-3-20-19(21-12-15-9-11-22(13-15)17-7-8-17)23-10-5-6-16(14-23)18(24)25-4-2/h15-17H,3-14H2,1-2H3,(H,20,21). The minimum atomic E-state index is -0.0566. The van der Waals surface area contributed by atoms with E-state index in [2.05, 4.69) is 22.0 Å². The molecule has 1 aliphatic carbocycles. The van der Waals surface area contributed by atoms with Crippen molar-refractivity contribution in [2.24, 2.45) is 16.8 Å². The molecular formula is C19H34N4O2. The van der Waals surface area contributed by atoms with Gasteiger partial charge in [0, 0.05) is 38.8 Å². The summed E-state index contributed by atoms with van der Waals surface area (Å²) in [6.07, 6.45) is 5.99. The second-order valence-corrected chi connectivity index (χ2v) is 7.61. The first-order chi connectivity index (χ1) is 12.2. The van der Waals surface area contributed by atoms with E-state index in [0.29, 0.717) is 12.5 Å². The third kappa shape index (κ3) is 5.09. The Labute approximate surface area is 152 Å². The van der Waals surface area contributed by atoms with Crippen LogP contribution in [0.1, 0.15) is 46.0 Å². The van der Waals surface area contributed by atoms with Crippen LogP contribution in [0.2, 0.25) is 0 Å². The van der Waals surface area contributed by atoms with Gasteiger partial charge in [0.2, 0.25) is 0 Å². The Morgan fingerprint density at radius 2 is 2.00 bits per heavy atom. The minimum absolute atomic E-state index is 0.0191. The molecule has 2 atom stereocenters. The van der Waals surface area contributed by atoms with Gasteiger partial charge in [-0.25, -0.2) is 0 Å². The fraction of sp³-hybridized carbons (Fsp3) is 0.895. The summed E-state index contributed by atoms with van der Waals surface area (Å²) < 4.78 is 5.22. The highest BCUT2D eigenvalue weighted by Crippen LogP contribution is 2.31. The molecule has 1 saturated carbocycles. The Hall–Kier alpha value is -1.30. The first-order valence-electron chi connectivity index (χ1n) is 10.1. The maximum atomic E-state index is 12.1. The molecule has 2 saturated heterocycles. The number of esters is 1. The van der Waals surface area contributed by atoms with Gasteiger partial charge in [-0.05, 0) is 58.4 Å². The van der Waals surface area contributed by atoms with E-state index >= 15 is 0 Å². The molecule has 1 N–H and O–H groups in total. The summed E-state index contributed by atoms with van der Waals surface area (Å²) in [5.74, 6) is 1.58. The number of carbonyl (C=O) groups excluding carboxylic acids is 1. The number of rotatable bonds is 6. The van der Waals surface area contributed by atoms with Gasteiger partial charge in [0.15, 0.2) is 5.96 Å². The highest BCUT2D eigenvalue weighted by molar-refractivity contribution is 5.81. The van der Waals surface area contributed by atoms with Crippen LogP contribution in [0, 0.1) is 11.8 Å². The fourth-order valence-electron chi connectivity index (χ4n) is 4.05. The Morgan fingerprint density at radius 3 is 2.72 bits per heavy atom. The van der Waals surface area contributed by atoms with Crippen molar-refractivity contribution in [2.45, 2.75) is 52.0 Å². The molecule has 0 radical (unpaired) electrons. The number of aliphatic imine (C=N–C) groups is 1. The summed E-state index contributed by atoms with van der Waals surface area (Å²) in [5, 5.41) is 3.42. The lowest BCUT2D eigenvalue weighted by molar-refractivity contribution is -0.149. The average molecular weight is 351 g/mol. The molecule has 25 heavy (non-hydrogen) atoms. The lowest BCUT2D eigenvalue weighted by Gasteiger charge is -2.34. The van der Waals surface area contributed by atoms with Crippen molar-refractivity contribution in [3.63, 3.8) is 0 Å². The van der Waals surface area contributed by atoms with Crippen molar-refractivity contribution in [1.82, 2.24) is 15.1 Å². The first kappa shape index (κ1) is 18.5. The molecule has 142 valence electrons. The topological polar surface area (TPSA) is 57.2 Å². The maximum Gasteiger partial charge on any atom is 0.310 e. The number of ether oxygens (including phenoxy) is 1. The molecule has 3 fully saturated rings. The van der Waals surface area contributed by atoms with Crippen LogP contribution in [-0.2, 0) is 9.53 Å². The van der Waals surface area contributed by atoms with Gasteiger partial charge >= 0.3 is 5.97 Å². The number of nitrogens with one attached hydrogen (secondary N) is 1. The Morgan fingerprint density at radius 1 is 1.16 bits per heavy atom. The SMILES string of the molecule is CCNC(=NCC1CCN(C2CC2)C1)N1CCCC(C(=O)OCC)C1. The molecule has 0 aromatic rings. The van der Waals surface area contributed by atoms with Crippen LogP contribution in [0.25, 0.3) is 0 Å². The van der Waals surface area contributed by atoms with Gasteiger partial charge in [0.1, 0.15) is 0 Å². The van der Waals surface area contributed by atoms with Crippen LogP contribution >= 0.6 is 0 Å². The van der Waals surface area contributed by atoms with E-state index < -0.39 is 0 Å². The largest absolute Gasteiger partial charge is 0.466 e. The van der Waals surface area contributed by atoms with Crippen LogP contribution in [0.5, 0.6) is 0 Å². The molecule has 6 heteroatoms. The van der Waals surface area contributed by atoms with E-state index in [1.807, 2.05) is 6.92 Å². The summed E-state index contributed by atoms with van der Waals surface area (Å²) in [6, 6.07) is 0.870. The van der Waals surface area contributed by atoms with Crippen molar-refractivity contribution in [3.8, 4) is 0 Å². The van der Waals surface area contributed by atoms with Gasteiger partial charge < -0.3 is 19.9 Å². The lowest BCUT2D eigenvalue weighted by atomic mass is 9.98. The van der Waals surface area contributed by atoms with Crippen LogP contribution in [0.3, 0.4) is 0 Å². The van der Waals surface area contributed by atoms with E-state index in [4.69, 9.17) is 9.73 Å². The number of likely N-dealkylation sites (tertiary alicyclic amines) is 2. The van der Waals surface area contributed by atoms with Gasteiger partial charge in [0.05, 0.1) is 12.5 Å². The molecule has 0 aromatic carbocycles. The average Bonchev–Trinajstić information content (AvgIpc) is 3.37.